The molecule has 0 radical (unpaired) electrons. The summed E-state index contributed by atoms with van der Waals surface area (Å²) in [6.45, 7) is 2.01. The molecule has 1 aliphatic rings. The van der Waals surface area contributed by atoms with Gasteiger partial charge >= 0.3 is 0 Å². The highest BCUT2D eigenvalue weighted by atomic mass is 32.2. The smallest absolute Gasteiger partial charge is 0.230 e. The fourth-order valence-corrected chi connectivity index (χ4v) is 3.46. The van der Waals surface area contributed by atoms with E-state index < -0.39 is 0 Å². The fraction of sp³-hybridized carbons (Fsp3) is 0.438. The van der Waals surface area contributed by atoms with Gasteiger partial charge in [-0.2, -0.15) is 4.98 Å². The maximum Gasteiger partial charge on any atom is 0.230 e. The zero-order chi connectivity index (χ0) is 16.2. The molecule has 0 fully saturated rings. The Hall–Kier alpha value is -2.02. The van der Waals surface area contributed by atoms with Gasteiger partial charge in [0, 0.05) is 0 Å². The number of nitrogen functional groups attached to an aromatic ring is 1. The van der Waals surface area contributed by atoms with Gasteiger partial charge in [-0.3, -0.25) is 4.79 Å². The SMILES string of the molecule is C[C@@H](NC(=O)CSc1n[nH]c(N)n1)c1ccc2c(c1)CCCC2. The van der Waals surface area contributed by atoms with Gasteiger partial charge in [-0.1, -0.05) is 30.0 Å². The number of amides is 1. The fourth-order valence-electron chi connectivity index (χ4n) is 2.84. The molecule has 1 aliphatic carbocycles. The third-order valence-corrected chi connectivity index (χ3v) is 4.91. The van der Waals surface area contributed by atoms with Gasteiger partial charge in [-0.25, -0.2) is 5.10 Å². The zero-order valence-corrected chi connectivity index (χ0v) is 13.9. The van der Waals surface area contributed by atoms with Gasteiger partial charge in [-0.05, 0) is 49.3 Å². The average Bonchev–Trinajstić information content (AvgIpc) is 2.98. The molecule has 1 atom stereocenters. The second-order valence-electron chi connectivity index (χ2n) is 5.82. The van der Waals surface area contributed by atoms with Crippen LogP contribution in [0.1, 0.15) is 42.5 Å². The van der Waals surface area contributed by atoms with Gasteiger partial charge in [0.25, 0.3) is 0 Å². The quantitative estimate of drug-likeness (QED) is 0.730. The van der Waals surface area contributed by atoms with E-state index in [0.717, 1.165) is 12.0 Å². The van der Waals surface area contributed by atoms with Crippen LogP contribution in [0.3, 0.4) is 0 Å². The molecule has 1 heterocycles. The van der Waals surface area contributed by atoms with E-state index in [9.17, 15) is 4.79 Å². The number of hydrogen-bond acceptors (Lipinski definition) is 5. The summed E-state index contributed by atoms with van der Waals surface area (Å²) in [5.74, 6) is 0.492. The number of aromatic amines is 1. The summed E-state index contributed by atoms with van der Waals surface area (Å²) in [7, 11) is 0. The number of benzene rings is 1. The molecule has 0 saturated heterocycles. The molecule has 1 aromatic heterocycles. The van der Waals surface area contributed by atoms with E-state index in [2.05, 4.69) is 38.7 Å². The Morgan fingerprint density at radius 1 is 1.39 bits per heavy atom. The Morgan fingerprint density at radius 2 is 2.17 bits per heavy atom. The lowest BCUT2D eigenvalue weighted by Crippen LogP contribution is -2.28. The van der Waals surface area contributed by atoms with Crippen molar-refractivity contribution in [1.82, 2.24) is 20.5 Å². The first kappa shape index (κ1) is 15.9. The molecule has 0 unspecified atom stereocenters. The van der Waals surface area contributed by atoms with Crippen LogP contribution in [0.4, 0.5) is 5.95 Å². The van der Waals surface area contributed by atoms with Crippen LogP contribution in [0.5, 0.6) is 0 Å². The predicted octanol–water partition coefficient (Wildman–Crippen LogP) is 2.24. The monoisotopic (exact) mass is 331 g/mol. The molecule has 1 aromatic carbocycles. The first-order valence-corrected chi connectivity index (χ1v) is 8.82. The number of rotatable bonds is 5. The molecule has 0 aliphatic heterocycles. The summed E-state index contributed by atoms with van der Waals surface area (Å²) in [4.78, 5) is 16.0. The molecule has 23 heavy (non-hydrogen) atoms. The van der Waals surface area contributed by atoms with E-state index in [1.54, 1.807) is 0 Å². The number of aromatic nitrogens is 3. The number of anilines is 1. The molecule has 1 amide bonds. The van der Waals surface area contributed by atoms with Gasteiger partial charge in [-0.15, -0.1) is 5.10 Å². The second-order valence-corrected chi connectivity index (χ2v) is 6.76. The Kier molecular flexibility index (Phi) is 4.85. The standard InChI is InChI=1S/C16H21N5OS/c1-10(12-7-6-11-4-2-3-5-13(11)8-12)18-14(22)9-23-16-19-15(17)20-21-16/h6-8,10H,2-5,9H2,1H3,(H,18,22)(H3,17,19,20,21)/t10-/m1/s1. The topological polar surface area (TPSA) is 96.7 Å². The summed E-state index contributed by atoms with van der Waals surface area (Å²) in [5.41, 5.74) is 9.50. The Labute approximate surface area is 139 Å². The van der Waals surface area contributed by atoms with Crippen molar-refractivity contribution in [2.75, 3.05) is 11.5 Å². The van der Waals surface area contributed by atoms with Crippen molar-refractivity contribution in [3.8, 4) is 0 Å². The van der Waals surface area contributed by atoms with Crippen LogP contribution >= 0.6 is 11.8 Å². The number of carbonyl (C=O) groups is 1. The van der Waals surface area contributed by atoms with Gasteiger partial charge < -0.3 is 11.1 Å². The summed E-state index contributed by atoms with van der Waals surface area (Å²) >= 11 is 1.26. The van der Waals surface area contributed by atoms with Crippen molar-refractivity contribution in [3.05, 3.63) is 34.9 Å². The number of H-pyrrole nitrogens is 1. The highest BCUT2D eigenvalue weighted by Gasteiger charge is 2.14. The van der Waals surface area contributed by atoms with Crippen molar-refractivity contribution in [2.24, 2.45) is 0 Å². The molecular weight excluding hydrogens is 310 g/mol. The third-order valence-electron chi connectivity index (χ3n) is 4.06. The van der Waals surface area contributed by atoms with E-state index >= 15 is 0 Å². The lowest BCUT2D eigenvalue weighted by molar-refractivity contribution is -0.119. The van der Waals surface area contributed by atoms with Crippen LogP contribution in [0.15, 0.2) is 23.4 Å². The minimum absolute atomic E-state index is 0.00691. The number of aryl methyl sites for hydroxylation is 2. The van der Waals surface area contributed by atoms with Crippen LogP contribution in [0.2, 0.25) is 0 Å². The third kappa shape index (κ3) is 4.04. The zero-order valence-electron chi connectivity index (χ0n) is 13.1. The van der Waals surface area contributed by atoms with Crippen molar-refractivity contribution in [2.45, 2.75) is 43.8 Å². The lowest BCUT2D eigenvalue weighted by Gasteiger charge is -2.20. The van der Waals surface area contributed by atoms with Crippen LogP contribution in [0.25, 0.3) is 0 Å². The number of hydrogen-bond donors (Lipinski definition) is 3. The molecule has 2 aromatic rings. The number of nitrogens with one attached hydrogen (secondary N) is 2. The van der Waals surface area contributed by atoms with Crippen molar-refractivity contribution in [3.63, 3.8) is 0 Å². The second kappa shape index (κ2) is 7.04. The van der Waals surface area contributed by atoms with Crippen molar-refractivity contribution < 1.29 is 4.79 Å². The van der Waals surface area contributed by atoms with E-state index in [4.69, 9.17) is 5.73 Å². The van der Waals surface area contributed by atoms with Crippen LogP contribution < -0.4 is 11.1 Å². The van der Waals surface area contributed by atoms with Crippen LogP contribution in [-0.2, 0) is 17.6 Å². The van der Waals surface area contributed by atoms with Gasteiger partial charge in [0.1, 0.15) is 0 Å². The van der Waals surface area contributed by atoms with Gasteiger partial charge in [0.15, 0.2) is 0 Å². The normalized spacial score (nSPS) is 15.0. The number of thioether (sulfide) groups is 1. The summed E-state index contributed by atoms with van der Waals surface area (Å²) in [6, 6.07) is 6.56. The molecule has 122 valence electrons. The molecule has 0 spiro atoms. The van der Waals surface area contributed by atoms with Crippen LogP contribution in [-0.4, -0.2) is 26.8 Å². The molecule has 0 bridgehead atoms. The first-order chi connectivity index (χ1) is 11.1. The lowest BCUT2D eigenvalue weighted by atomic mass is 9.89. The first-order valence-electron chi connectivity index (χ1n) is 7.83. The minimum atomic E-state index is -0.0383. The molecule has 4 N–H and O–H groups in total. The number of nitrogens with zero attached hydrogens (tertiary/aromatic N) is 2. The van der Waals surface area contributed by atoms with E-state index in [1.165, 1.54) is 42.2 Å². The summed E-state index contributed by atoms with van der Waals surface area (Å²) in [5, 5.41) is 9.96. The predicted molar refractivity (Wildman–Crippen MR) is 91.2 cm³/mol. The highest BCUT2D eigenvalue weighted by Crippen LogP contribution is 2.25. The number of fused-ring (bicyclic) bond motifs is 1. The highest BCUT2D eigenvalue weighted by molar-refractivity contribution is 7.99. The molecule has 0 saturated carbocycles. The van der Waals surface area contributed by atoms with Crippen LogP contribution in [0, 0.1) is 0 Å². The average molecular weight is 331 g/mol. The van der Waals surface area contributed by atoms with E-state index in [0.29, 0.717) is 5.16 Å². The van der Waals surface area contributed by atoms with E-state index in [1.807, 2.05) is 6.92 Å². The summed E-state index contributed by atoms with van der Waals surface area (Å²) < 4.78 is 0. The largest absolute Gasteiger partial charge is 0.368 e. The molecular formula is C16H21N5OS. The van der Waals surface area contributed by atoms with Gasteiger partial charge in [0.2, 0.25) is 17.0 Å². The number of nitrogens with two attached hydrogens (primary N) is 1. The molecule has 6 nitrogen and oxygen atoms in total. The summed E-state index contributed by atoms with van der Waals surface area (Å²) in [6.07, 6.45) is 4.86. The minimum Gasteiger partial charge on any atom is -0.368 e. The number of carbonyl (C=O) groups excluding carboxylic acids is 1. The molecule has 3 rings (SSSR count). The molecule has 7 heteroatoms. The Morgan fingerprint density at radius 3 is 2.91 bits per heavy atom. The van der Waals surface area contributed by atoms with Gasteiger partial charge in [0.05, 0.1) is 11.8 Å². The van der Waals surface area contributed by atoms with Crippen molar-refractivity contribution in [1.29, 1.82) is 0 Å². The van der Waals surface area contributed by atoms with Crippen molar-refractivity contribution >= 4 is 23.6 Å². The maximum absolute atomic E-state index is 12.1. The Bertz CT molecular complexity index is 700. The maximum atomic E-state index is 12.1. The Balaban J connectivity index is 1.55. The van der Waals surface area contributed by atoms with E-state index in [-0.39, 0.29) is 23.7 Å².